The molecule has 1 amide bonds. The fourth-order valence-corrected chi connectivity index (χ4v) is 4.11. The number of aryl methyl sites for hydroxylation is 1. The van der Waals surface area contributed by atoms with Crippen LogP contribution < -0.4 is 0 Å². The van der Waals surface area contributed by atoms with Crippen LogP contribution in [0.4, 0.5) is 13.2 Å². The number of hydrogen-bond acceptors (Lipinski definition) is 2. The standard InChI is InChI=1S/C23H23F3N2O2/c1-27-15-20(18-7-2-3-8-21(18)27)19(14-22(29)28-9-11-30-12-10-28)16-5-4-6-17(13-16)23(24,25)26/h2-8,13,15,19H,9-12,14H2,1H3/t19-/m1/s1. The minimum atomic E-state index is -4.44. The molecular formula is C23H23F3N2O2. The number of alkyl halides is 3. The molecule has 0 unspecified atom stereocenters. The Morgan fingerprint density at radius 1 is 1.10 bits per heavy atom. The smallest absolute Gasteiger partial charge is 0.378 e. The SMILES string of the molecule is Cn1cc([C@H](CC(=O)N2CCOCC2)c2cccc(C(F)(F)F)c2)c2ccccc21. The number of nitrogens with zero attached hydrogens (tertiary/aromatic N) is 2. The fraction of sp³-hybridized carbons (Fsp3) is 0.348. The maximum atomic E-state index is 13.4. The number of carbonyl (C=O) groups is 1. The summed E-state index contributed by atoms with van der Waals surface area (Å²) in [5.41, 5.74) is 1.61. The Balaban J connectivity index is 1.78. The first-order valence-electron chi connectivity index (χ1n) is 9.91. The minimum Gasteiger partial charge on any atom is -0.378 e. The van der Waals surface area contributed by atoms with Crippen molar-refractivity contribution in [3.05, 3.63) is 71.4 Å². The second-order valence-electron chi connectivity index (χ2n) is 7.59. The lowest BCUT2D eigenvalue weighted by Gasteiger charge is -2.29. The van der Waals surface area contributed by atoms with Crippen molar-refractivity contribution in [3.8, 4) is 0 Å². The van der Waals surface area contributed by atoms with Gasteiger partial charge in [0, 0.05) is 49.6 Å². The molecule has 1 saturated heterocycles. The highest BCUT2D eigenvalue weighted by Crippen LogP contribution is 2.37. The van der Waals surface area contributed by atoms with Gasteiger partial charge in [-0.1, -0.05) is 36.4 Å². The molecule has 0 bridgehead atoms. The van der Waals surface area contributed by atoms with E-state index in [1.807, 2.05) is 42.1 Å². The van der Waals surface area contributed by atoms with Gasteiger partial charge in [-0.25, -0.2) is 0 Å². The number of hydrogen-bond donors (Lipinski definition) is 0. The molecule has 2 heterocycles. The van der Waals surface area contributed by atoms with Crippen molar-refractivity contribution in [2.45, 2.75) is 18.5 Å². The van der Waals surface area contributed by atoms with Gasteiger partial charge >= 0.3 is 6.18 Å². The van der Waals surface area contributed by atoms with Crippen molar-refractivity contribution in [2.75, 3.05) is 26.3 Å². The molecule has 4 rings (SSSR count). The van der Waals surface area contributed by atoms with Crippen LogP contribution in [0.2, 0.25) is 0 Å². The predicted molar refractivity (Wildman–Crippen MR) is 108 cm³/mol. The monoisotopic (exact) mass is 416 g/mol. The number of aromatic nitrogens is 1. The van der Waals surface area contributed by atoms with Gasteiger partial charge in [-0.3, -0.25) is 4.79 Å². The average molecular weight is 416 g/mol. The predicted octanol–water partition coefficient (Wildman–Crippen LogP) is 4.58. The van der Waals surface area contributed by atoms with Crippen LogP contribution in [0.3, 0.4) is 0 Å². The second-order valence-corrected chi connectivity index (χ2v) is 7.59. The number of morpholine rings is 1. The lowest BCUT2D eigenvalue weighted by molar-refractivity contribution is -0.137. The summed E-state index contributed by atoms with van der Waals surface area (Å²) in [7, 11) is 1.90. The van der Waals surface area contributed by atoms with E-state index in [1.54, 1.807) is 11.0 Å². The number of rotatable bonds is 4. The topological polar surface area (TPSA) is 34.5 Å². The highest BCUT2D eigenvalue weighted by atomic mass is 19.4. The Labute approximate surface area is 172 Å². The number of benzene rings is 2. The molecule has 0 aliphatic carbocycles. The van der Waals surface area contributed by atoms with Gasteiger partial charge in [-0.15, -0.1) is 0 Å². The van der Waals surface area contributed by atoms with Crippen molar-refractivity contribution in [1.82, 2.24) is 9.47 Å². The first-order valence-corrected chi connectivity index (χ1v) is 9.91. The van der Waals surface area contributed by atoms with Crippen molar-refractivity contribution in [2.24, 2.45) is 7.05 Å². The zero-order chi connectivity index (χ0) is 21.3. The van der Waals surface area contributed by atoms with Crippen LogP contribution in [-0.2, 0) is 22.8 Å². The first kappa shape index (κ1) is 20.5. The molecule has 158 valence electrons. The normalized spacial score (nSPS) is 16.1. The van der Waals surface area contributed by atoms with Crippen LogP contribution in [-0.4, -0.2) is 41.7 Å². The molecule has 1 aromatic heterocycles. The maximum absolute atomic E-state index is 13.4. The van der Waals surface area contributed by atoms with E-state index in [9.17, 15) is 18.0 Å². The molecule has 1 aliphatic rings. The molecular weight excluding hydrogens is 393 g/mol. The lowest BCUT2D eigenvalue weighted by atomic mass is 9.87. The van der Waals surface area contributed by atoms with Crippen LogP contribution in [0.25, 0.3) is 10.9 Å². The van der Waals surface area contributed by atoms with E-state index in [1.165, 1.54) is 12.1 Å². The van der Waals surface area contributed by atoms with Gasteiger partial charge < -0.3 is 14.2 Å². The zero-order valence-corrected chi connectivity index (χ0v) is 16.7. The zero-order valence-electron chi connectivity index (χ0n) is 16.7. The van der Waals surface area contributed by atoms with Crippen molar-refractivity contribution >= 4 is 16.8 Å². The summed E-state index contributed by atoms with van der Waals surface area (Å²) in [6.07, 6.45) is -2.41. The van der Waals surface area contributed by atoms with E-state index < -0.39 is 17.7 Å². The summed E-state index contributed by atoms with van der Waals surface area (Å²) < 4.78 is 47.3. The third kappa shape index (κ3) is 4.07. The van der Waals surface area contributed by atoms with Crippen LogP contribution in [0.15, 0.2) is 54.7 Å². The molecule has 4 nitrogen and oxygen atoms in total. The summed E-state index contributed by atoms with van der Waals surface area (Å²) in [5.74, 6) is -0.553. The van der Waals surface area contributed by atoms with Crippen molar-refractivity contribution < 1.29 is 22.7 Å². The number of carbonyl (C=O) groups excluding carboxylic acids is 1. The summed E-state index contributed by atoms with van der Waals surface area (Å²) >= 11 is 0. The van der Waals surface area contributed by atoms with Gasteiger partial charge in [0.2, 0.25) is 5.91 Å². The third-order valence-electron chi connectivity index (χ3n) is 5.66. The minimum absolute atomic E-state index is 0.0753. The van der Waals surface area contributed by atoms with E-state index in [-0.39, 0.29) is 12.3 Å². The molecule has 1 atom stereocenters. The number of amides is 1. The van der Waals surface area contributed by atoms with E-state index in [0.29, 0.717) is 31.9 Å². The molecule has 0 radical (unpaired) electrons. The van der Waals surface area contributed by atoms with E-state index in [2.05, 4.69) is 0 Å². The van der Waals surface area contributed by atoms with Gasteiger partial charge in [0.05, 0.1) is 18.8 Å². The first-order chi connectivity index (χ1) is 14.3. The highest BCUT2D eigenvalue weighted by Gasteiger charge is 2.32. The Bertz CT molecular complexity index is 1050. The third-order valence-corrected chi connectivity index (χ3v) is 5.66. The molecule has 3 aromatic rings. The Morgan fingerprint density at radius 2 is 1.83 bits per heavy atom. The Morgan fingerprint density at radius 3 is 2.57 bits per heavy atom. The van der Waals surface area contributed by atoms with Gasteiger partial charge in [0.25, 0.3) is 0 Å². The summed E-state index contributed by atoms with van der Waals surface area (Å²) in [6.45, 7) is 1.97. The molecule has 0 spiro atoms. The fourth-order valence-electron chi connectivity index (χ4n) is 4.11. The number of para-hydroxylation sites is 1. The summed E-state index contributed by atoms with van der Waals surface area (Å²) in [5, 5.41) is 0.942. The molecule has 1 fully saturated rings. The van der Waals surface area contributed by atoms with E-state index >= 15 is 0 Å². The number of ether oxygens (including phenoxy) is 1. The van der Waals surface area contributed by atoms with Crippen LogP contribution in [0.1, 0.15) is 29.0 Å². The number of halogens is 3. The van der Waals surface area contributed by atoms with Gasteiger partial charge in [-0.2, -0.15) is 13.2 Å². The van der Waals surface area contributed by atoms with E-state index in [0.717, 1.165) is 22.5 Å². The van der Waals surface area contributed by atoms with Crippen LogP contribution >= 0.6 is 0 Å². The Hall–Kier alpha value is -2.80. The van der Waals surface area contributed by atoms with Gasteiger partial charge in [0.1, 0.15) is 0 Å². The highest BCUT2D eigenvalue weighted by molar-refractivity contribution is 5.86. The molecule has 2 aromatic carbocycles. The Kier molecular flexibility index (Phi) is 5.56. The molecule has 0 saturated carbocycles. The molecule has 0 N–H and O–H groups in total. The van der Waals surface area contributed by atoms with Gasteiger partial charge in [-0.05, 0) is 23.3 Å². The molecule has 1 aliphatic heterocycles. The largest absolute Gasteiger partial charge is 0.416 e. The molecule has 30 heavy (non-hydrogen) atoms. The van der Waals surface area contributed by atoms with Crippen molar-refractivity contribution in [3.63, 3.8) is 0 Å². The molecule has 7 heteroatoms. The second kappa shape index (κ2) is 8.14. The average Bonchev–Trinajstić information content (AvgIpc) is 3.08. The summed E-state index contributed by atoms with van der Waals surface area (Å²) in [6, 6.07) is 13.1. The van der Waals surface area contributed by atoms with Gasteiger partial charge in [0.15, 0.2) is 0 Å². The lowest BCUT2D eigenvalue weighted by Crippen LogP contribution is -2.41. The summed E-state index contributed by atoms with van der Waals surface area (Å²) in [4.78, 5) is 14.8. The van der Waals surface area contributed by atoms with Crippen LogP contribution in [0.5, 0.6) is 0 Å². The quantitative estimate of drug-likeness (QED) is 0.624. The number of fused-ring (bicyclic) bond motifs is 1. The maximum Gasteiger partial charge on any atom is 0.416 e. The van der Waals surface area contributed by atoms with E-state index in [4.69, 9.17) is 4.74 Å². The van der Waals surface area contributed by atoms with Crippen LogP contribution in [0, 0.1) is 0 Å². The van der Waals surface area contributed by atoms with Crippen molar-refractivity contribution in [1.29, 1.82) is 0 Å².